The normalized spacial score (nSPS) is 21.4. The van der Waals surface area contributed by atoms with E-state index in [4.69, 9.17) is 9.47 Å². The summed E-state index contributed by atoms with van der Waals surface area (Å²) in [5.41, 5.74) is 0.948. The predicted molar refractivity (Wildman–Crippen MR) is 77.5 cm³/mol. The Labute approximate surface area is 124 Å². The molecule has 0 saturated heterocycles. The van der Waals surface area contributed by atoms with Gasteiger partial charge in [0.25, 0.3) is 0 Å². The van der Waals surface area contributed by atoms with E-state index in [1.807, 2.05) is 30.3 Å². The Morgan fingerprint density at radius 3 is 2.71 bits per heavy atom. The highest BCUT2D eigenvalue weighted by molar-refractivity contribution is 5.73. The number of benzene rings is 1. The van der Waals surface area contributed by atoms with E-state index >= 15 is 0 Å². The van der Waals surface area contributed by atoms with Gasteiger partial charge in [-0.1, -0.05) is 36.8 Å². The first-order valence-electron chi connectivity index (χ1n) is 7.24. The summed E-state index contributed by atoms with van der Waals surface area (Å²) in [6.07, 6.45) is 2.78. The number of carbonyl (C=O) groups excluding carboxylic acids is 2. The van der Waals surface area contributed by atoms with Gasteiger partial charge in [0.1, 0.15) is 6.61 Å². The second-order valence-electron chi connectivity index (χ2n) is 5.29. The Balaban J connectivity index is 1.76. The number of nitrogens with one attached hydrogen (secondary N) is 1. The predicted octanol–water partition coefficient (Wildman–Crippen LogP) is 2.64. The number of carbonyl (C=O) groups is 2. The zero-order valence-electron chi connectivity index (χ0n) is 12.2. The van der Waals surface area contributed by atoms with Gasteiger partial charge in [-0.05, 0) is 24.8 Å². The van der Waals surface area contributed by atoms with E-state index in [0.29, 0.717) is 6.42 Å². The summed E-state index contributed by atoms with van der Waals surface area (Å²) < 4.78 is 9.95. The zero-order valence-corrected chi connectivity index (χ0v) is 12.2. The van der Waals surface area contributed by atoms with Gasteiger partial charge in [-0.2, -0.15) is 0 Å². The highest BCUT2D eigenvalue weighted by atomic mass is 16.5. The third-order valence-electron chi connectivity index (χ3n) is 3.74. The van der Waals surface area contributed by atoms with E-state index in [9.17, 15) is 9.59 Å². The number of methoxy groups -OCH3 is 1. The quantitative estimate of drug-likeness (QED) is 0.866. The van der Waals surface area contributed by atoms with Gasteiger partial charge in [-0.3, -0.25) is 4.79 Å². The van der Waals surface area contributed by atoms with Crippen molar-refractivity contribution in [2.24, 2.45) is 5.92 Å². The molecule has 1 aliphatic carbocycles. The SMILES string of the molecule is COC(=O)[C@@H]1CCC[C@@H](NC(=O)OCc2ccccc2)C1. The molecule has 5 heteroatoms. The molecule has 114 valence electrons. The Bertz CT molecular complexity index is 474. The van der Waals surface area contributed by atoms with Crippen LogP contribution in [0.4, 0.5) is 4.79 Å². The summed E-state index contributed by atoms with van der Waals surface area (Å²) in [6.45, 7) is 0.250. The summed E-state index contributed by atoms with van der Waals surface area (Å²) in [5.74, 6) is -0.317. The minimum absolute atomic E-state index is 0.0221. The summed E-state index contributed by atoms with van der Waals surface area (Å²) in [4.78, 5) is 23.3. The first-order chi connectivity index (χ1) is 10.2. The molecule has 1 saturated carbocycles. The number of hydrogen-bond acceptors (Lipinski definition) is 4. The molecule has 1 aromatic rings. The van der Waals surface area contributed by atoms with Crippen molar-refractivity contribution in [2.75, 3.05) is 7.11 Å². The molecule has 0 aliphatic heterocycles. The maximum Gasteiger partial charge on any atom is 0.407 e. The molecular weight excluding hydrogens is 270 g/mol. The fraction of sp³-hybridized carbons (Fsp3) is 0.500. The second-order valence-corrected chi connectivity index (χ2v) is 5.29. The van der Waals surface area contributed by atoms with Gasteiger partial charge in [0.05, 0.1) is 13.0 Å². The van der Waals surface area contributed by atoms with Crippen molar-refractivity contribution < 1.29 is 19.1 Å². The third-order valence-corrected chi connectivity index (χ3v) is 3.74. The Kier molecular flexibility index (Phi) is 5.60. The van der Waals surface area contributed by atoms with Crippen LogP contribution in [-0.4, -0.2) is 25.2 Å². The molecule has 2 rings (SSSR count). The lowest BCUT2D eigenvalue weighted by atomic mass is 9.86. The number of esters is 1. The van der Waals surface area contributed by atoms with Crippen LogP contribution < -0.4 is 5.32 Å². The van der Waals surface area contributed by atoms with E-state index in [1.54, 1.807) is 0 Å². The first-order valence-corrected chi connectivity index (χ1v) is 7.24. The van der Waals surface area contributed by atoms with E-state index in [1.165, 1.54) is 7.11 Å². The smallest absolute Gasteiger partial charge is 0.407 e. The van der Waals surface area contributed by atoms with E-state index in [-0.39, 0.29) is 24.5 Å². The zero-order chi connectivity index (χ0) is 15.1. The van der Waals surface area contributed by atoms with Gasteiger partial charge >= 0.3 is 12.1 Å². The molecule has 1 aliphatic rings. The number of ether oxygens (including phenoxy) is 2. The fourth-order valence-corrected chi connectivity index (χ4v) is 2.63. The highest BCUT2D eigenvalue weighted by Crippen LogP contribution is 2.25. The molecular formula is C16H21NO4. The van der Waals surface area contributed by atoms with Crippen LogP contribution in [0.25, 0.3) is 0 Å². The van der Waals surface area contributed by atoms with E-state index in [0.717, 1.165) is 24.8 Å². The topological polar surface area (TPSA) is 64.6 Å². The van der Waals surface area contributed by atoms with Crippen LogP contribution in [0.3, 0.4) is 0 Å². The Hall–Kier alpha value is -2.04. The molecule has 0 aromatic heterocycles. The molecule has 0 bridgehead atoms. The van der Waals surface area contributed by atoms with Crippen molar-refractivity contribution >= 4 is 12.1 Å². The Morgan fingerprint density at radius 1 is 1.24 bits per heavy atom. The van der Waals surface area contributed by atoms with Crippen molar-refractivity contribution in [2.45, 2.75) is 38.3 Å². The minimum atomic E-state index is -0.436. The van der Waals surface area contributed by atoms with Crippen molar-refractivity contribution in [1.29, 1.82) is 0 Å². The van der Waals surface area contributed by atoms with Crippen LogP contribution in [0, 0.1) is 5.92 Å². The molecule has 1 fully saturated rings. The molecule has 0 spiro atoms. The third kappa shape index (κ3) is 4.77. The average Bonchev–Trinajstić information content (AvgIpc) is 2.53. The fourth-order valence-electron chi connectivity index (χ4n) is 2.63. The van der Waals surface area contributed by atoms with Gasteiger partial charge in [0.15, 0.2) is 0 Å². The number of amides is 1. The minimum Gasteiger partial charge on any atom is -0.469 e. The van der Waals surface area contributed by atoms with Crippen molar-refractivity contribution in [3.8, 4) is 0 Å². The molecule has 1 amide bonds. The van der Waals surface area contributed by atoms with Crippen LogP contribution in [0.5, 0.6) is 0 Å². The highest BCUT2D eigenvalue weighted by Gasteiger charge is 2.28. The summed E-state index contributed by atoms with van der Waals surface area (Å²) in [6, 6.07) is 9.50. The molecule has 0 radical (unpaired) electrons. The lowest BCUT2D eigenvalue weighted by Gasteiger charge is -2.27. The summed E-state index contributed by atoms with van der Waals surface area (Å²) in [7, 11) is 1.40. The maximum atomic E-state index is 11.8. The molecule has 2 atom stereocenters. The Morgan fingerprint density at radius 2 is 2.00 bits per heavy atom. The standard InChI is InChI=1S/C16H21NO4/c1-20-15(18)13-8-5-9-14(10-13)17-16(19)21-11-12-6-3-2-4-7-12/h2-4,6-7,13-14H,5,8-11H2,1H3,(H,17,19)/t13-,14-/m1/s1. The van der Waals surface area contributed by atoms with Gasteiger partial charge in [-0.25, -0.2) is 4.79 Å². The van der Waals surface area contributed by atoms with Gasteiger partial charge in [0, 0.05) is 6.04 Å². The molecule has 5 nitrogen and oxygen atoms in total. The molecule has 0 unspecified atom stereocenters. The molecule has 1 N–H and O–H groups in total. The summed E-state index contributed by atoms with van der Waals surface area (Å²) in [5, 5.41) is 2.83. The van der Waals surface area contributed by atoms with Gasteiger partial charge in [0.2, 0.25) is 0 Å². The van der Waals surface area contributed by atoms with Crippen molar-refractivity contribution in [3.63, 3.8) is 0 Å². The summed E-state index contributed by atoms with van der Waals surface area (Å²) >= 11 is 0. The van der Waals surface area contributed by atoms with Crippen LogP contribution in [0.15, 0.2) is 30.3 Å². The van der Waals surface area contributed by atoms with Crippen LogP contribution >= 0.6 is 0 Å². The number of hydrogen-bond donors (Lipinski definition) is 1. The second kappa shape index (κ2) is 7.67. The largest absolute Gasteiger partial charge is 0.469 e. The lowest BCUT2D eigenvalue weighted by Crippen LogP contribution is -2.40. The molecule has 0 heterocycles. The van der Waals surface area contributed by atoms with Crippen LogP contribution in [0.2, 0.25) is 0 Å². The number of rotatable bonds is 4. The lowest BCUT2D eigenvalue weighted by molar-refractivity contribution is -0.146. The monoisotopic (exact) mass is 291 g/mol. The van der Waals surface area contributed by atoms with Gasteiger partial charge < -0.3 is 14.8 Å². The van der Waals surface area contributed by atoms with Crippen LogP contribution in [-0.2, 0) is 20.9 Å². The van der Waals surface area contributed by atoms with Crippen molar-refractivity contribution in [1.82, 2.24) is 5.32 Å². The number of alkyl carbamates (subject to hydrolysis) is 1. The molecule has 1 aromatic carbocycles. The van der Waals surface area contributed by atoms with E-state index in [2.05, 4.69) is 5.32 Å². The van der Waals surface area contributed by atoms with Gasteiger partial charge in [-0.15, -0.1) is 0 Å². The van der Waals surface area contributed by atoms with Crippen molar-refractivity contribution in [3.05, 3.63) is 35.9 Å². The van der Waals surface area contributed by atoms with E-state index < -0.39 is 6.09 Å². The maximum absolute atomic E-state index is 11.8. The molecule has 21 heavy (non-hydrogen) atoms. The first kappa shape index (κ1) is 15.4. The van der Waals surface area contributed by atoms with Crippen LogP contribution in [0.1, 0.15) is 31.2 Å². The average molecular weight is 291 g/mol.